The van der Waals surface area contributed by atoms with Crippen LogP contribution in [0.4, 0.5) is 5.69 Å². The van der Waals surface area contributed by atoms with Gasteiger partial charge in [0.1, 0.15) is 11.6 Å². The second-order valence-corrected chi connectivity index (χ2v) is 5.38. The minimum absolute atomic E-state index is 0.0512. The molecule has 0 unspecified atom stereocenters. The fourth-order valence-electron chi connectivity index (χ4n) is 2.83. The molecule has 2 aromatic carbocycles. The van der Waals surface area contributed by atoms with Gasteiger partial charge in [0.15, 0.2) is 0 Å². The van der Waals surface area contributed by atoms with E-state index in [9.17, 15) is 15.3 Å². The molecule has 0 bridgehead atoms. The zero-order valence-electron chi connectivity index (χ0n) is 13.3. The number of fused-ring (bicyclic) bond motifs is 1. The van der Waals surface area contributed by atoms with E-state index in [1.165, 1.54) is 4.57 Å². The second-order valence-electron chi connectivity index (χ2n) is 5.38. The number of hydrogen-bond donors (Lipinski definition) is 1. The summed E-state index contributed by atoms with van der Waals surface area (Å²) in [7, 11) is 1.69. The number of anilines is 1. The van der Waals surface area contributed by atoms with E-state index in [1.807, 2.05) is 37.3 Å². The summed E-state index contributed by atoms with van der Waals surface area (Å²) in [4.78, 5) is 12.9. The average Bonchev–Trinajstić information content (AvgIpc) is 2.61. The van der Waals surface area contributed by atoms with E-state index in [4.69, 9.17) is 0 Å². The maximum atomic E-state index is 12.9. The first kappa shape index (κ1) is 15.3. The number of benzene rings is 2. The molecule has 1 heterocycles. The maximum absolute atomic E-state index is 12.9. The van der Waals surface area contributed by atoms with Crippen LogP contribution in [0.5, 0.6) is 0 Å². The quantitative estimate of drug-likeness (QED) is 0.788. The van der Waals surface area contributed by atoms with Crippen LogP contribution in [0, 0.1) is 29.6 Å². The minimum Gasteiger partial charge on any atom is -0.386 e. The molecule has 0 amide bonds. The van der Waals surface area contributed by atoms with Crippen molar-refractivity contribution >= 4 is 16.6 Å². The van der Waals surface area contributed by atoms with Gasteiger partial charge in [-0.25, -0.2) is 0 Å². The molecular formula is C19H14N4O. The van der Waals surface area contributed by atoms with Gasteiger partial charge in [-0.2, -0.15) is 10.5 Å². The Kier molecular flexibility index (Phi) is 3.77. The van der Waals surface area contributed by atoms with Crippen molar-refractivity contribution in [1.82, 2.24) is 4.57 Å². The van der Waals surface area contributed by atoms with Gasteiger partial charge in [0.05, 0.1) is 28.5 Å². The largest absolute Gasteiger partial charge is 0.386 e. The molecule has 0 aliphatic rings. The van der Waals surface area contributed by atoms with E-state index < -0.39 is 5.56 Å². The van der Waals surface area contributed by atoms with Crippen molar-refractivity contribution in [3.05, 3.63) is 69.5 Å². The van der Waals surface area contributed by atoms with E-state index in [-0.39, 0.29) is 5.56 Å². The zero-order chi connectivity index (χ0) is 17.3. The van der Waals surface area contributed by atoms with Crippen molar-refractivity contribution in [2.75, 3.05) is 12.4 Å². The SMILES string of the molecule is CNc1c(C#N)c(=O)n(-c2ccc(C)c(C#N)c2)c2ccccc12. The van der Waals surface area contributed by atoms with Crippen LogP contribution in [0.3, 0.4) is 0 Å². The summed E-state index contributed by atoms with van der Waals surface area (Å²) < 4.78 is 1.48. The first-order chi connectivity index (χ1) is 11.6. The Hall–Kier alpha value is -3.57. The van der Waals surface area contributed by atoms with Gasteiger partial charge in [0, 0.05) is 12.4 Å². The predicted octanol–water partition coefficient (Wildman–Crippen LogP) is 3.08. The van der Waals surface area contributed by atoms with E-state index in [0.717, 1.165) is 10.9 Å². The molecule has 0 saturated heterocycles. The summed E-state index contributed by atoms with van der Waals surface area (Å²) in [5, 5.41) is 22.4. The first-order valence-electron chi connectivity index (χ1n) is 7.39. The topological polar surface area (TPSA) is 81.6 Å². The summed E-state index contributed by atoms with van der Waals surface area (Å²) in [6.45, 7) is 1.84. The van der Waals surface area contributed by atoms with Crippen LogP contribution in [-0.4, -0.2) is 11.6 Å². The fraction of sp³-hybridized carbons (Fsp3) is 0.105. The fourth-order valence-corrected chi connectivity index (χ4v) is 2.83. The summed E-state index contributed by atoms with van der Waals surface area (Å²) in [6, 6.07) is 16.8. The molecule has 0 radical (unpaired) electrons. The first-order valence-corrected chi connectivity index (χ1v) is 7.39. The molecule has 0 aliphatic carbocycles. The van der Waals surface area contributed by atoms with Crippen molar-refractivity contribution in [2.24, 2.45) is 0 Å². The third kappa shape index (κ3) is 2.20. The Morgan fingerprint density at radius 2 is 1.83 bits per heavy atom. The molecule has 0 aliphatic heterocycles. The lowest BCUT2D eigenvalue weighted by molar-refractivity contribution is 1.03. The number of nitrogens with zero attached hydrogens (tertiary/aromatic N) is 3. The monoisotopic (exact) mass is 314 g/mol. The van der Waals surface area contributed by atoms with Crippen LogP contribution >= 0.6 is 0 Å². The maximum Gasteiger partial charge on any atom is 0.275 e. The number of hydrogen-bond acceptors (Lipinski definition) is 4. The molecule has 1 N–H and O–H groups in total. The normalized spacial score (nSPS) is 10.2. The van der Waals surface area contributed by atoms with Gasteiger partial charge < -0.3 is 5.32 Å². The number of para-hydroxylation sites is 1. The standard InChI is InChI=1S/C19H14N4O/c1-12-7-8-14(9-13(12)10-20)23-17-6-4-3-5-15(17)18(22-2)16(11-21)19(23)24/h3-9,22H,1-2H3. The third-order valence-electron chi connectivity index (χ3n) is 4.04. The molecule has 24 heavy (non-hydrogen) atoms. The highest BCUT2D eigenvalue weighted by Gasteiger charge is 2.17. The summed E-state index contributed by atoms with van der Waals surface area (Å²) >= 11 is 0. The van der Waals surface area contributed by atoms with Gasteiger partial charge in [-0.1, -0.05) is 24.3 Å². The third-order valence-corrected chi connectivity index (χ3v) is 4.04. The van der Waals surface area contributed by atoms with Gasteiger partial charge in [-0.3, -0.25) is 9.36 Å². The molecule has 116 valence electrons. The van der Waals surface area contributed by atoms with Gasteiger partial charge >= 0.3 is 0 Å². The average molecular weight is 314 g/mol. The van der Waals surface area contributed by atoms with Gasteiger partial charge in [0.2, 0.25) is 0 Å². The van der Waals surface area contributed by atoms with Crippen LogP contribution in [-0.2, 0) is 0 Å². The van der Waals surface area contributed by atoms with Crippen molar-refractivity contribution in [3.63, 3.8) is 0 Å². The van der Waals surface area contributed by atoms with E-state index >= 15 is 0 Å². The number of aromatic nitrogens is 1. The van der Waals surface area contributed by atoms with E-state index in [2.05, 4.69) is 11.4 Å². The van der Waals surface area contributed by atoms with Crippen LogP contribution in [0.2, 0.25) is 0 Å². The number of aryl methyl sites for hydroxylation is 1. The highest BCUT2D eigenvalue weighted by atomic mass is 16.1. The van der Waals surface area contributed by atoms with Crippen LogP contribution in [0.1, 0.15) is 16.7 Å². The summed E-state index contributed by atoms with van der Waals surface area (Å²) in [5.41, 5.74) is 2.74. The van der Waals surface area contributed by atoms with Gasteiger partial charge in [-0.15, -0.1) is 0 Å². The Morgan fingerprint density at radius 1 is 1.08 bits per heavy atom. The van der Waals surface area contributed by atoms with Crippen LogP contribution < -0.4 is 10.9 Å². The molecular weight excluding hydrogens is 300 g/mol. The lowest BCUT2D eigenvalue weighted by Crippen LogP contribution is -2.23. The summed E-state index contributed by atoms with van der Waals surface area (Å²) in [5.74, 6) is 0. The van der Waals surface area contributed by atoms with Crippen molar-refractivity contribution < 1.29 is 0 Å². The molecule has 3 rings (SSSR count). The van der Waals surface area contributed by atoms with Crippen LogP contribution in [0.15, 0.2) is 47.3 Å². The second kappa shape index (κ2) is 5.91. The highest BCUT2D eigenvalue weighted by molar-refractivity contribution is 5.95. The molecule has 3 aromatic rings. The smallest absolute Gasteiger partial charge is 0.275 e. The number of nitrogens with one attached hydrogen (secondary N) is 1. The van der Waals surface area contributed by atoms with Gasteiger partial charge in [-0.05, 0) is 30.7 Å². The molecule has 5 nitrogen and oxygen atoms in total. The molecule has 0 saturated carbocycles. The lowest BCUT2D eigenvalue weighted by atomic mass is 10.1. The molecule has 0 atom stereocenters. The number of pyridine rings is 1. The Labute approximate surface area is 139 Å². The molecule has 0 spiro atoms. The van der Waals surface area contributed by atoms with Crippen molar-refractivity contribution in [3.8, 4) is 17.8 Å². The summed E-state index contributed by atoms with van der Waals surface area (Å²) in [6.07, 6.45) is 0. The molecule has 1 aromatic heterocycles. The predicted molar refractivity (Wildman–Crippen MR) is 93.3 cm³/mol. The minimum atomic E-state index is -0.409. The van der Waals surface area contributed by atoms with Crippen molar-refractivity contribution in [1.29, 1.82) is 10.5 Å². The van der Waals surface area contributed by atoms with Crippen molar-refractivity contribution in [2.45, 2.75) is 6.92 Å². The Balaban J connectivity index is 2.50. The van der Waals surface area contributed by atoms with Crippen LogP contribution in [0.25, 0.3) is 16.6 Å². The molecule has 5 heteroatoms. The lowest BCUT2D eigenvalue weighted by Gasteiger charge is -2.15. The number of rotatable bonds is 2. The number of nitriles is 2. The highest BCUT2D eigenvalue weighted by Crippen LogP contribution is 2.27. The van der Waals surface area contributed by atoms with E-state index in [0.29, 0.717) is 22.5 Å². The van der Waals surface area contributed by atoms with Gasteiger partial charge in [0.25, 0.3) is 5.56 Å². The zero-order valence-corrected chi connectivity index (χ0v) is 13.3. The van der Waals surface area contributed by atoms with E-state index in [1.54, 1.807) is 25.2 Å². The Morgan fingerprint density at radius 3 is 2.50 bits per heavy atom. The molecule has 0 fully saturated rings. The Bertz CT molecular complexity index is 1100.